The Morgan fingerprint density at radius 3 is 2.71 bits per heavy atom. The smallest absolute Gasteiger partial charge is 0.163 e. The van der Waals surface area contributed by atoms with Gasteiger partial charge in [-0.2, -0.15) is 0 Å². The Kier molecular flexibility index (Phi) is 2.87. The molecular weight excluding hydrogens is 212 g/mol. The number of ether oxygens (including phenoxy) is 1. The SMILES string of the molecule is O=C1CCCc2c(OC3CCCC3)cccc21. The van der Waals surface area contributed by atoms with Crippen LogP contribution in [0.2, 0.25) is 0 Å². The first-order chi connectivity index (χ1) is 8.34. The van der Waals surface area contributed by atoms with E-state index in [2.05, 4.69) is 0 Å². The van der Waals surface area contributed by atoms with E-state index < -0.39 is 0 Å². The van der Waals surface area contributed by atoms with E-state index in [9.17, 15) is 4.79 Å². The van der Waals surface area contributed by atoms with Gasteiger partial charge in [0.05, 0.1) is 6.10 Å². The number of carbonyl (C=O) groups excluding carboxylic acids is 1. The van der Waals surface area contributed by atoms with E-state index >= 15 is 0 Å². The third-order valence-corrected chi connectivity index (χ3v) is 3.86. The average Bonchev–Trinajstić information content (AvgIpc) is 2.83. The molecule has 0 N–H and O–H groups in total. The summed E-state index contributed by atoms with van der Waals surface area (Å²) < 4.78 is 6.07. The highest BCUT2D eigenvalue weighted by Crippen LogP contribution is 2.32. The molecule has 0 saturated heterocycles. The number of hydrogen-bond donors (Lipinski definition) is 0. The van der Waals surface area contributed by atoms with Crippen LogP contribution in [0.3, 0.4) is 0 Å². The number of Topliss-reactive ketones (excluding diaryl/α,β-unsaturated/α-hetero) is 1. The minimum Gasteiger partial charge on any atom is -0.490 e. The van der Waals surface area contributed by atoms with Crippen molar-refractivity contribution in [2.45, 2.75) is 51.0 Å². The maximum atomic E-state index is 11.8. The molecule has 0 bridgehead atoms. The Morgan fingerprint density at radius 2 is 1.88 bits per heavy atom. The van der Waals surface area contributed by atoms with Crippen LogP contribution in [-0.2, 0) is 6.42 Å². The summed E-state index contributed by atoms with van der Waals surface area (Å²) in [5.74, 6) is 1.24. The fraction of sp³-hybridized carbons (Fsp3) is 0.533. The van der Waals surface area contributed by atoms with Gasteiger partial charge in [-0.1, -0.05) is 12.1 Å². The molecule has 2 nitrogen and oxygen atoms in total. The molecule has 2 aliphatic rings. The van der Waals surface area contributed by atoms with Crippen molar-refractivity contribution in [3.8, 4) is 5.75 Å². The van der Waals surface area contributed by atoms with Crippen LogP contribution >= 0.6 is 0 Å². The van der Waals surface area contributed by atoms with Gasteiger partial charge in [-0.25, -0.2) is 0 Å². The molecule has 1 aromatic rings. The molecule has 17 heavy (non-hydrogen) atoms. The standard InChI is InChI=1S/C15H18O2/c16-14-9-3-8-13-12(14)7-4-10-15(13)17-11-5-1-2-6-11/h4,7,10-11H,1-3,5-6,8-9H2. The van der Waals surface area contributed by atoms with Crippen LogP contribution in [0.25, 0.3) is 0 Å². The summed E-state index contributed by atoms with van der Waals surface area (Å²) >= 11 is 0. The molecule has 0 amide bonds. The lowest BCUT2D eigenvalue weighted by Gasteiger charge is -2.21. The van der Waals surface area contributed by atoms with Crippen molar-refractivity contribution in [2.75, 3.05) is 0 Å². The Bertz CT molecular complexity index is 431. The highest BCUT2D eigenvalue weighted by atomic mass is 16.5. The summed E-state index contributed by atoms with van der Waals surface area (Å²) in [4.78, 5) is 11.8. The number of ketones is 1. The van der Waals surface area contributed by atoms with Crippen molar-refractivity contribution < 1.29 is 9.53 Å². The van der Waals surface area contributed by atoms with Gasteiger partial charge in [0.1, 0.15) is 5.75 Å². The van der Waals surface area contributed by atoms with Crippen LogP contribution in [0.5, 0.6) is 5.75 Å². The van der Waals surface area contributed by atoms with Gasteiger partial charge in [-0.3, -0.25) is 4.79 Å². The van der Waals surface area contributed by atoms with E-state index in [4.69, 9.17) is 4.74 Å². The van der Waals surface area contributed by atoms with E-state index in [1.807, 2.05) is 18.2 Å². The lowest BCUT2D eigenvalue weighted by atomic mass is 9.90. The number of benzene rings is 1. The fourth-order valence-electron chi connectivity index (χ4n) is 2.94. The minimum atomic E-state index is 0.281. The summed E-state index contributed by atoms with van der Waals surface area (Å²) in [6.07, 6.45) is 7.91. The van der Waals surface area contributed by atoms with E-state index in [1.165, 1.54) is 12.8 Å². The molecule has 0 aliphatic heterocycles. The number of fused-ring (bicyclic) bond motifs is 1. The third kappa shape index (κ3) is 2.08. The highest BCUT2D eigenvalue weighted by Gasteiger charge is 2.23. The molecule has 0 atom stereocenters. The molecular formula is C15H18O2. The first kappa shape index (κ1) is 10.8. The monoisotopic (exact) mass is 230 g/mol. The fourth-order valence-corrected chi connectivity index (χ4v) is 2.94. The predicted octanol–water partition coefficient (Wildman–Crippen LogP) is 3.53. The van der Waals surface area contributed by atoms with Crippen molar-refractivity contribution in [3.05, 3.63) is 29.3 Å². The Labute approximate surface area is 102 Å². The lowest BCUT2D eigenvalue weighted by molar-refractivity contribution is 0.0970. The molecule has 2 heteroatoms. The van der Waals surface area contributed by atoms with Gasteiger partial charge in [0.25, 0.3) is 0 Å². The summed E-state index contributed by atoms with van der Waals surface area (Å²) in [6, 6.07) is 5.92. The molecule has 3 rings (SSSR count). The third-order valence-electron chi connectivity index (χ3n) is 3.86. The van der Waals surface area contributed by atoms with Crippen LogP contribution in [0.15, 0.2) is 18.2 Å². The zero-order valence-electron chi connectivity index (χ0n) is 10.1. The van der Waals surface area contributed by atoms with Crippen molar-refractivity contribution in [1.29, 1.82) is 0 Å². The topological polar surface area (TPSA) is 26.3 Å². The van der Waals surface area contributed by atoms with Gasteiger partial charge in [0, 0.05) is 17.5 Å². The van der Waals surface area contributed by atoms with Gasteiger partial charge < -0.3 is 4.74 Å². The van der Waals surface area contributed by atoms with E-state index in [1.54, 1.807) is 0 Å². The average molecular weight is 230 g/mol. The van der Waals surface area contributed by atoms with Crippen LogP contribution in [0.1, 0.15) is 54.4 Å². The summed E-state index contributed by atoms with van der Waals surface area (Å²) in [5, 5.41) is 0. The van der Waals surface area contributed by atoms with Crippen LogP contribution in [-0.4, -0.2) is 11.9 Å². The van der Waals surface area contributed by atoms with Gasteiger partial charge >= 0.3 is 0 Å². The van der Waals surface area contributed by atoms with Crippen molar-refractivity contribution in [3.63, 3.8) is 0 Å². The summed E-state index contributed by atoms with van der Waals surface area (Å²) in [7, 11) is 0. The molecule has 0 spiro atoms. The summed E-state index contributed by atoms with van der Waals surface area (Å²) in [6.45, 7) is 0. The minimum absolute atomic E-state index is 0.281. The van der Waals surface area contributed by atoms with E-state index in [0.717, 1.165) is 42.6 Å². The molecule has 1 saturated carbocycles. The maximum absolute atomic E-state index is 11.8. The van der Waals surface area contributed by atoms with Crippen LogP contribution in [0.4, 0.5) is 0 Å². The van der Waals surface area contributed by atoms with Crippen LogP contribution < -0.4 is 4.74 Å². The lowest BCUT2D eigenvalue weighted by Crippen LogP contribution is -2.16. The molecule has 90 valence electrons. The molecule has 0 heterocycles. The first-order valence-electron chi connectivity index (χ1n) is 6.66. The second kappa shape index (κ2) is 4.52. The zero-order chi connectivity index (χ0) is 11.7. The Balaban J connectivity index is 1.88. The van der Waals surface area contributed by atoms with Gasteiger partial charge in [0.2, 0.25) is 0 Å². The van der Waals surface area contributed by atoms with Gasteiger partial charge in [-0.05, 0) is 44.6 Å². The second-order valence-corrected chi connectivity index (χ2v) is 5.08. The zero-order valence-corrected chi connectivity index (χ0v) is 10.1. The first-order valence-corrected chi connectivity index (χ1v) is 6.66. The van der Waals surface area contributed by atoms with E-state index in [-0.39, 0.29) is 5.78 Å². The van der Waals surface area contributed by atoms with Gasteiger partial charge in [-0.15, -0.1) is 0 Å². The molecule has 0 unspecified atom stereocenters. The molecule has 2 aliphatic carbocycles. The Hall–Kier alpha value is -1.31. The van der Waals surface area contributed by atoms with E-state index in [0.29, 0.717) is 12.5 Å². The highest BCUT2D eigenvalue weighted by molar-refractivity contribution is 5.99. The molecule has 1 aromatic carbocycles. The molecule has 1 fully saturated rings. The van der Waals surface area contributed by atoms with Gasteiger partial charge in [0.15, 0.2) is 5.78 Å². The second-order valence-electron chi connectivity index (χ2n) is 5.08. The van der Waals surface area contributed by atoms with Crippen molar-refractivity contribution >= 4 is 5.78 Å². The Morgan fingerprint density at radius 1 is 1.06 bits per heavy atom. The molecule has 0 aromatic heterocycles. The largest absolute Gasteiger partial charge is 0.490 e. The number of hydrogen-bond acceptors (Lipinski definition) is 2. The van der Waals surface area contributed by atoms with Crippen LogP contribution in [0, 0.1) is 0 Å². The quantitative estimate of drug-likeness (QED) is 0.777. The summed E-state index contributed by atoms with van der Waals surface area (Å²) in [5.41, 5.74) is 2.04. The molecule has 0 radical (unpaired) electrons. The normalized spacial score (nSPS) is 20.4. The maximum Gasteiger partial charge on any atom is 0.163 e. The van der Waals surface area contributed by atoms with Crippen molar-refractivity contribution in [1.82, 2.24) is 0 Å². The predicted molar refractivity (Wildman–Crippen MR) is 66.6 cm³/mol. The number of carbonyl (C=O) groups is 1. The number of rotatable bonds is 2. The van der Waals surface area contributed by atoms with Crippen molar-refractivity contribution in [2.24, 2.45) is 0 Å².